The van der Waals surface area contributed by atoms with Crippen molar-refractivity contribution in [3.63, 3.8) is 0 Å². The van der Waals surface area contributed by atoms with Gasteiger partial charge in [-0.2, -0.15) is 0 Å². The lowest BCUT2D eigenvalue weighted by atomic mass is 10.2. The zero-order valence-corrected chi connectivity index (χ0v) is 8.95. The van der Waals surface area contributed by atoms with E-state index in [0.29, 0.717) is 6.61 Å². The highest BCUT2D eigenvalue weighted by Gasteiger charge is 2.23. The van der Waals surface area contributed by atoms with Gasteiger partial charge in [0.15, 0.2) is 0 Å². The molecule has 0 heterocycles. The predicted octanol–water partition coefficient (Wildman–Crippen LogP) is 0.265. The largest absolute Gasteiger partial charge is 0.379 e. The molecule has 1 amide bonds. The molecule has 4 nitrogen and oxygen atoms in total. The Bertz CT molecular complexity index is 191. The van der Waals surface area contributed by atoms with Gasteiger partial charge in [0.1, 0.15) is 6.04 Å². The topological polar surface area (TPSA) is 64.3 Å². The van der Waals surface area contributed by atoms with Crippen molar-refractivity contribution in [3.8, 4) is 0 Å². The SMILES string of the molecule is CC(C)NC(COCC1CC1)C(N)=O. The minimum Gasteiger partial charge on any atom is -0.379 e. The Morgan fingerprint density at radius 1 is 1.57 bits per heavy atom. The zero-order chi connectivity index (χ0) is 10.6. The highest BCUT2D eigenvalue weighted by Crippen LogP contribution is 2.28. The molecule has 1 aliphatic rings. The van der Waals surface area contributed by atoms with E-state index in [9.17, 15) is 4.79 Å². The van der Waals surface area contributed by atoms with Crippen LogP contribution in [0.5, 0.6) is 0 Å². The summed E-state index contributed by atoms with van der Waals surface area (Å²) in [5.74, 6) is 0.386. The van der Waals surface area contributed by atoms with Crippen LogP contribution in [0.2, 0.25) is 0 Å². The molecule has 1 saturated carbocycles. The molecule has 1 unspecified atom stereocenters. The molecule has 0 bridgehead atoms. The average Bonchev–Trinajstić information content (AvgIpc) is 2.85. The second-order valence-electron chi connectivity index (χ2n) is 4.26. The maximum absolute atomic E-state index is 11.0. The normalized spacial score (nSPS) is 18.5. The van der Waals surface area contributed by atoms with Crippen LogP contribution in [0.1, 0.15) is 26.7 Å². The maximum atomic E-state index is 11.0. The molecule has 0 saturated heterocycles. The number of carbonyl (C=O) groups is 1. The fourth-order valence-corrected chi connectivity index (χ4v) is 1.25. The fourth-order valence-electron chi connectivity index (χ4n) is 1.25. The summed E-state index contributed by atoms with van der Waals surface area (Å²) in [7, 11) is 0. The Kier molecular flexibility index (Phi) is 4.35. The Morgan fingerprint density at radius 2 is 2.21 bits per heavy atom. The van der Waals surface area contributed by atoms with E-state index >= 15 is 0 Å². The van der Waals surface area contributed by atoms with E-state index in [2.05, 4.69) is 5.32 Å². The first kappa shape index (κ1) is 11.5. The van der Waals surface area contributed by atoms with Crippen LogP contribution in [0.3, 0.4) is 0 Å². The molecular formula is C10H20N2O2. The van der Waals surface area contributed by atoms with Gasteiger partial charge in [-0.25, -0.2) is 0 Å². The van der Waals surface area contributed by atoms with E-state index in [0.717, 1.165) is 12.5 Å². The van der Waals surface area contributed by atoms with E-state index < -0.39 is 0 Å². The first-order chi connectivity index (χ1) is 6.59. The van der Waals surface area contributed by atoms with Crippen LogP contribution in [0.4, 0.5) is 0 Å². The van der Waals surface area contributed by atoms with Gasteiger partial charge in [0.2, 0.25) is 5.91 Å². The summed E-state index contributed by atoms with van der Waals surface area (Å²) >= 11 is 0. The first-order valence-electron chi connectivity index (χ1n) is 5.22. The molecule has 1 rings (SSSR count). The van der Waals surface area contributed by atoms with E-state index in [-0.39, 0.29) is 18.0 Å². The lowest BCUT2D eigenvalue weighted by Gasteiger charge is -2.18. The number of hydrogen-bond acceptors (Lipinski definition) is 3. The van der Waals surface area contributed by atoms with Crippen LogP contribution in [0.25, 0.3) is 0 Å². The van der Waals surface area contributed by atoms with Crippen molar-refractivity contribution in [1.29, 1.82) is 0 Å². The molecule has 82 valence electrons. The number of primary amides is 1. The molecule has 1 aliphatic carbocycles. The number of amides is 1. The number of ether oxygens (including phenoxy) is 1. The van der Waals surface area contributed by atoms with E-state index in [1.165, 1.54) is 12.8 Å². The monoisotopic (exact) mass is 200 g/mol. The predicted molar refractivity (Wildman–Crippen MR) is 54.8 cm³/mol. The van der Waals surface area contributed by atoms with Crippen LogP contribution in [0, 0.1) is 5.92 Å². The molecule has 0 aromatic rings. The van der Waals surface area contributed by atoms with Gasteiger partial charge in [0, 0.05) is 12.6 Å². The Balaban J connectivity index is 2.16. The van der Waals surface area contributed by atoms with Crippen molar-refractivity contribution >= 4 is 5.91 Å². The van der Waals surface area contributed by atoms with Gasteiger partial charge in [0.25, 0.3) is 0 Å². The molecule has 0 aliphatic heterocycles. The van der Waals surface area contributed by atoms with Crippen molar-refractivity contribution in [1.82, 2.24) is 5.32 Å². The molecule has 1 atom stereocenters. The third-order valence-electron chi connectivity index (χ3n) is 2.21. The van der Waals surface area contributed by atoms with Crippen molar-refractivity contribution in [3.05, 3.63) is 0 Å². The molecule has 1 fully saturated rings. The smallest absolute Gasteiger partial charge is 0.236 e. The lowest BCUT2D eigenvalue weighted by molar-refractivity contribution is -0.121. The summed E-state index contributed by atoms with van der Waals surface area (Å²) in [6.45, 7) is 5.13. The molecule has 14 heavy (non-hydrogen) atoms. The van der Waals surface area contributed by atoms with Crippen molar-refractivity contribution < 1.29 is 9.53 Å². The van der Waals surface area contributed by atoms with Crippen molar-refractivity contribution in [2.45, 2.75) is 38.8 Å². The van der Waals surface area contributed by atoms with Crippen LogP contribution in [-0.2, 0) is 9.53 Å². The summed E-state index contributed by atoms with van der Waals surface area (Å²) in [4.78, 5) is 11.0. The number of hydrogen-bond donors (Lipinski definition) is 2. The summed E-state index contributed by atoms with van der Waals surface area (Å²) in [5.41, 5.74) is 5.24. The van der Waals surface area contributed by atoms with Crippen LogP contribution >= 0.6 is 0 Å². The van der Waals surface area contributed by atoms with E-state index in [1.807, 2.05) is 13.8 Å². The minimum atomic E-state index is -0.353. The van der Waals surface area contributed by atoms with E-state index in [4.69, 9.17) is 10.5 Å². The Morgan fingerprint density at radius 3 is 2.64 bits per heavy atom. The highest BCUT2D eigenvalue weighted by molar-refractivity contribution is 5.80. The van der Waals surface area contributed by atoms with Gasteiger partial charge in [-0.05, 0) is 18.8 Å². The second kappa shape index (κ2) is 5.32. The lowest BCUT2D eigenvalue weighted by Crippen LogP contribution is -2.47. The Hall–Kier alpha value is -0.610. The van der Waals surface area contributed by atoms with Gasteiger partial charge in [0.05, 0.1) is 6.61 Å². The third-order valence-corrected chi connectivity index (χ3v) is 2.21. The van der Waals surface area contributed by atoms with Gasteiger partial charge in [-0.1, -0.05) is 13.8 Å². The molecular weight excluding hydrogens is 180 g/mol. The number of rotatable bonds is 7. The summed E-state index contributed by atoms with van der Waals surface area (Å²) in [6.07, 6.45) is 2.53. The first-order valence-corrected chi connectivity index (χ1v) is 5.22. The van der Waals surface area contributed by atoms with Crippen molar-refractivity contribution in [2.24, 2.45) is 11.7 Å². The molecule has 0 spiro atoms. The van der Waals surface area contributed by atoms with Gasteiger partial charge in [-0.3, -0.25) is 4.79 Å². The van der Waals surface area contributed by atoms with Gasteiger partial charge < -0.3 is 15.8 Å². The molecule has 0 aromatic heterocycles. The quantitative estimate of drug-likeness (QED) is 0.620. The number of carbonyl (C=O) groups excluding carboxylic acids is 1. The standard InChI is InChI=1S/C10H20N2O2/c1-7(2)12-9(10(11)13)6-14-5-8-3-4-8/h7-9,12H,3-6H2,1-2H3,(H2,11,13). The van der Waals surface area contributed by atoms with Crippen LogP contribution in [0.15, 0.2) is 0 Å². The summed E-state index contributed by atoms with van der Waals surface area (Å²) in [6, 6.07) is -0.106. The minimum absolute atomic E-state index is 0.247. The molecule has 3 N–H and O–H groups in total. The number of nitrogens with two attached hydrogens (primary N) is 1. The van der Waals surface area contributed by atoms with E-state index in [1.54, 1.807) is 0 Å². The molecule has 0 aromatic carbocycles. The zero-order valence-electron chi connectivity index (χ0n) is 8.95. The van der Waals surface area contributed by atoms with Gasteiger partial charge >= 0.3 is 0 Å². The maximum Gasteiger partial charge on any atom is 0.236 e. The summed E-state index contributed by atoms with van der Waals surface area (Å²) in [5, 5.41) is 3.07. The highest BCUT2D eigenvalue weighted by atomic mass is 16.5. The van der Waals surface area contributed by atoms with Gasteiger partial charge in [-0.15, -0.1) is 0 Å². The Labute approximate surface area is 85.2 Å². The second-order valence-corrected chi connectivity index (χ2v) is 4.26. The molecule has 4 heteroatoms. The number of nitrogens with one attached hydrogen (secondary N) is 1. The van der Waals surface area contributed by atoms with Crippen molar-refractivity contribution in [2.75, 3.05) is 13.2 Å². The van der Waals surface area contributed by atoms with Crippen LogP contribution in [-0.4, -0.2) is 31.2 Å². The van der Waals surface area contributed by atoms with Crippen LogP contribution < -0.4 is 11.1 Å². The average molecular weight is 200 g/mol. The summed E-state index contributed by atoms with van der Waals surface area (Å²) < 4.78 is 5.42. The fraction of sp³-hybridized carbons (Fsp3) is 0.900. The molecule has 0 radical (unpaired) electrons. The third kappa shape index (κ3) is 4.58.